The SMILES string of the molecule is Cc1ccc(CNC(=O)c2cc(NC3CCCCCC3)nc(C)n2)cc1. The average Bonchev–Trinajstić information content (AvgIpc) is 2.89. The van der Waals surface area contributed by atoms with Gasteiger partial charge in [-0.2, -0.15) is 0 Å². The Labute approximate surface area is 155 Å². The molecule has 1 heterocycles. The summed E-state index contributed by atoms with van der Waals surface area (Å²) >= 11 is 0. The molecule has 1 fully saturated rings. The summed E-state index contributed by atoms with van der Waals surface area (Å²) in [6, 6.07) is 10.4. The molecule has 1 aliphatic rings. The van der Waals surface area contributed by atoms with Gasteiger partial charge in [-0.05, 0) is 32.3 Å². The first-order valence-corrected chi connectivity index (χ1v) is 9.56. The van der Waals surface area contributed by atoms with E-state index in [1.165, 1.54) is 31.2 Å². The van der Waals surface area contributed by atoms with Crippen molar-refractivity contribution in [2.75, 3.05) is 5.32 Å². The van der Waals surface area contributed by atoms with Gasteiger partial charge in [0, 0.05) is 18.7 Å². The van der Waals surface area contributed by atoms with Crippen LogP contribution in [0, 0.1) is 13.8 Å². The van der Waals surface area contributed by atoms with E-state index in [1.54, 1.807) is 6.07 Å². The number of hydrogen-bond acceptors (Lipinski definition) is 4. The van der Waals surface area contributed by atoms with E-state index < -0.39 is 0 Å². The van der Waals surface area contributed by atoms with Crippen molar-refractivity contribution in [1.29, 1.82) is 0 Å². The Kier molecular flexibility index (Phi) is 6.21. The van der Waals surface area contributed by atoms with Crippen LogP contribution in [0.4, 0.5) is 5.82 Å². The molecule has 1 aromatic carbocycles. The minimum Gasteiger partial charge on any atom is -0.367 e. The number of nitrogens with zero attached hydrogens (tertiary/aromatic N) is 2. The van der Waals surface area contributed by atoms with Crippen molar-refractivity contribution in [3.63, 3.8) is 0 Å². The molecule has 138 valence electrons. The fourth-order valence-corrected chi connectivity index (χ4v) is 3.37. The van der Waals surface area contributed by atoms with Gasteiger partial charge < -0.3 is 10.6 Å². The lowest BCUT2D eigenvalue weighted by atomic mass is 10.1. The van der Waals surface area contributed by atoms with Gasteiger partial charge in [0.1, 0.15) is 17.3 Å². The molecule has 0 saturated heterocycles. The molecule has 3 rings (SSSR count). The molecule has 1 aliphatic carbocycles. The van der Waals surface area contributed by atoms with Crippen molar-refractivity contribution < 1.29 is 4.79 Å². The van der Waals surface area contributed by atoms with E-state index in [2.05, 4.69) is 27.5 Å². The van der Waals surface area contributed by atoms with Gasteiger partial charge in [0.15, 0.2) is 0 Å². The van der Waals surface area contributed by atoms with E-state index in [0.717, 1.165) is 24.2 Å². The third-order valence-electron chi connectivity index (χ3n) is 4.85. The Morgan fingerprint density at radius 1 is 1.04 bits per heavy atom. The van der Waals surface area contributed by atoms with Crippen LogP contribution in [0.3, 0.4) is 0 Å². The molecular formula is C21H28N4O. The fraction of sp³-hybridized carbons (Fsp3) is 0.476. The van der Waals surface area contributed by atoms with E-state index in [-0.39, 0.29) is 5.91 Å². The van der Waals surface area contributed by atoms with Gasteiger partial charge in [-0.25, -0.2) is 9.97 Å². The third kappa shape index (κ3) is 5.28. The standard InChI is InChI=1S/C21H28N4O/c1-15-9-11-17(12-10-15)14-22-21(26)19-13-20(24-16(2)23-19)25-18-7-5-3-4-6-8-18/h9-13,18H,3-8,14H2,1-2H3,(H,22,26)(H,23,24,25). The zero-order valence-electron chi connectivity index (χ0n) is 15.7. The molecule has 0 radical (unpaired) electrons. The highest BCUT2D eigenvalue weighted by atomic mass is 16.1. The summed E-state index contributed by atoms with van der Waals surface area (Å²) in [6.45, 7) is 4.37. The number of aryl methyl sites for hydroxylation is 2. The lowest BCUT2D eigenvalue weighted by Gasteiger charge is -2.17. The molecular weight excluding hydrogens is 324 g/mol. The number of carbonyl (C=O) groups excluding carboxylic acids is 1. The van der Waals surface area contributed by atoms with Crippen LogP contribution in [0.1, 0.15) is 66.0 Å². The van der Waals surface area contributed by atoms with Crippen LogP contribution in [0.2, 0.25) is 0 Å². The Morgan fingerprint density at radius 2 is 1.73 bits per heavy atom. The van der Waals surface area contributed by atoms with E-state index in [1.807, 2.05) is 31.2 Å². The molecule has 5 nitrogen and oxygen atoms in total. The van der Waals surface area contributed by atoms with Crippen LogP contribution in [0.15, 0.2) is 30.3 Å². The number of hydrogen-bond donors (Lipinski definition) is 2. The summed E-state index contributed by atoms with van der Waals surface area (Å²) in [4.78, 5) is 21.3. The molecule has 1 aromatic heterocycles. The van der Waals surface area contributed by atoms with E-state index in [9.17, 15) is 4.79 Å². The molecule has 0 unspecified atom stereocenters. The predicted molar refractivity (Wildman–Crippen MR) is 104 cm³/mol. The van der Waals surface area contributed by atoms with Crippen LogP contribution < -0.4 is 10.6 Å². The van der Waals surface area contributed by atoms with Crippen molar-refractivity contribution in [2.24, 2.45) is 0 Å². The maximum Gasteiger partial charge on any atom is 0.270 e. The molecule has 1 amide bonds. The van der Waals surface area contributed by atoms with Crippen LogP contribution in [-0.2, 0) is 6.54 Å². The first-order chi connectivity index (χ1) is 12.6. The molecule has 0 bridgehead atoms. The van der Waals surface area contributed by atoms with Gasteiger partial charge in [0.2, 0.25) is 0 Å². The Bertz CT molecular complexity index is 734. The second-order valence-electron chi connectivity index (χ2n) is 7.19. The summed E-state index contributed by atoms with van der Waals surface area (Å²) in [5, 5.41) is 6.45. The Hall–Kier alpha value is -2.43. The van der Waals surface area contributed by atoms with Crippen LogP contribution >= 0.6 is 0 Å². The second-order valence-corrected chi connectivity index (χ2v) is 7.19. The third-order valence-corrected chi connectivity index (χ3v) is 4.85. The number of anilines is 1. The second kappa shape index (κ2) is 8.79. The summed E-state index contributed by atoms with van der Waals surface area (Å²) in [5.41, 5.74) is 2.70. The average molecular weight is 352 g/mol. The van der Waals surface area contributed by atoms with Crippen LogP contribution in [-0.4, -0.2) is 21.9 Å². The van der Waals surface area contributed by atoms with E-state index in [0.29, 0.717) is 24.1 Å². The van der Waals surface area contributed by atoms with E-state index >= 15 is 0 Å². The lowest BCUT2D eigenvalue weighted by molar-refractivity contribution is 0.0945. The number of carbonyl (C=O) groups is 1. The zero-order valence-corrected chi connectivity index (χ0v) is 15.7. The number of aromatic nitrogens is 2. The van der Waals surface area contributed by atoms with Crippen molar-refractivity contribution in [3.05, 3.63) is 53.0 Å². The molecule has 2 aromatic rings. The van der Waals surface area contributed by atoms with Crippen molar-refractivity contribution in [3.8, 4) is 0 Å². The van der Waals surface area contributed by atoms with Gasteiger partial charge >= 0.3 is 0 Å². The minimum absolute atomic E-state index is 0.167. The minimum atomic E-state index is -0.167. The molecule has 5 heteroatoms. The normalized spacial score (nSPS) is 15.3. The molecule has 1 saturated carbocycles. The van der Waals surface area contributed by atoms with Gasteiger partial charge in [-0.1, -0.05) is 55.5 Å². The number of benzene rings is 1. The van der Waals surface area contributed by atoms with Crippen molar-refractivity contribution in [1.82, 2.24) is 15.3 Å². The molecule has 2 N–H and O–H groups in total. The highest BCUT2D eigenvalue weighted by molar-refractivity contribution is 5.92. The zero-order chi connectivity index (χ0) is 18.4. The van der Waals surface area contributed by atoms with Gasteiger partial charge in [0.25, 0.3) is 5.91 Å². The highest BCUT2D eigenvalue weighted by Crippen LogP contribution is 2.20. The number of rotatable bonds is 5. The summed E-state index contributed by atoms with van der Waals surface area (Å²) in [5.74, 6) is 1.20. The molecule has 0 atom stereocenters. The molecule has 0 spiro atoms. The van der Waals surface area contributed by atoms with Gasteiger partial charge in [-0.15, -0.1) is 0 Å². The first kappa shape index (κ1) is 18.4. The lowest BCUT2D eigenvalue weighted by Crippen LogP contribution is -2.25. The van der Waals surface area contributed by atoms with Gasteiger partial charge in [0.05, 0.1) is 0 Å². The molecule has 0 aliphatic heterocycles. The summed E-state index contributed by atoms with van der Waals surface area (Å²) in [6.07, 6.45) is 7.47. The van der Waals surface area contributed by atoms with Crippen LogP contribution in [0.25, 0.3) is 0 Å². The number of nitrogens with one attached hydrogen (secondary N) is 2. The van der Waals surface area contributed by atoms with Crippen molar-refractivity contribution in [2.45, 2.75) is 65.0 Å². The fourth-order valence-electron chi connectivity index (χ4n) is 3.37. The first-order valence-electron chi connectivity index (χ1n) is 9.56. The Balaban J connectivity index is 1.63. The Morgan fingerprint density at radius 3 is 2.42 bits per heavy atom. The van der Waals surface area contributed by atoms with Crippen LogP contribution in [0.5, 0.6) is 0 Å². The predicted octanol–water partition coefficient (Wildman–Crippen LogP) is 4.16. The summed E-state index contributed by atoms with van der Waals surface area (Å²) in [7, 11) is 0. The molecule has 26 heavy (non-hydrogen) atoms. The quantitative estimate of drug-likeness (QED) is 0.793. The number of amides is 1. The van der Waals surface area contributed by atoms with E-state index in [4.69, 9.17) is 0 Å². The maximum absolute atomic E-state index is 12.5. The largest absolute Gasteiger partial charge is 0.367 e. The highest BCUT2D eigenvalue weighted by Gasteiger charge is 2.15. The monoisotopic (exact) mass is 352 g/mol. The summed E-state index contributed by atoms with van der Waals surface area (Å²) < 4.78 is 0. The van der Waals surface area contributed by atoms with Gasteiger partial charge in [-0.3, -0.25) is 4.79 Å². The van der Waals surface area contributed by atoms with Crippen molar-refractivity contribution >= 4 is 11.7 Å². The topological polar surface area (TPSA) is 66.9 Å². The maximum atomic E-state index is 12.5. The smallest absolute Gasteiger partial charge is 0.270 e.